The number of hydrogen-bond donors (Lipinski definition) is 1. The summed E-state index contributed by atoms with van der Waals surface area (Å²) in [6.45, 7) is 6.18. The molecule has 0 aromatic carbocycles. The van der Waals surface area contributed by atoms with Crippen LogP contribution >= 0.6 is 0 Å². The first-order valence-corrected chi connectivity index (χ1v) is 7.62. The minimum Gasteiger partial charge on any atom is -0.356 e. The maximum absolute atomic E-state index is 12.5. The minimum atomic E-state index is -0.109. The Labute approximate surface area is 128 Å². The van der Waals surface area contributed by atoms with Gasteiger partial charge in [0.05, 0.1) is 6.33 Å². The molecule has 7 heteroatoms. The Hall–Kier alpha value is -2.33. The van der Waals surface area contributed by atoms with Crippen molar-refractivity contribution in [2.24, 2.45) is 7.05 Å². The Balaban J connectivity index is 2.31. The summed E-state index contributed by atoms with van der Waals surface area (Å²) in [7, 11) is 1.68. The summed E-state index contributed by atoms with van der Waals surface area (Å²) in [5.74, 6) is 0.833. The summed E-state index contributed by atoms with van der Waals surface area (Å²) in [6, 6.07) is 2.26. The molecule has 116 valence electrons. The molecular formula is C15H20N6O. The van der Waals surface area contributed by atoms with E-state index in [0.29, 0.717) is 23.1 Å². The Morgan fingerprint density at radius 1 is 1.41 bits per heavy atom. The van der Waals surface area contributed by atoms with Crippen LogP contribution < -0.4 is 15.8 Å². The molecule has 0 aliphatic carbocycles. The quantitative estimate of drug-likeness (QED) is 0.870. The van der Waals surface area contributed by atoms with Crippen LogP contribution in [-0.2, 0) is 13.6 Å². The van der Waals surface area contributed by atoms with Crippen LogP contribution in [0.3, 0.4) is 0 Å². The van der Waals surface area contributed by atoms with Gasteiger partial charge >= 0.3 is 0 Å². The highest BCUT2D eigenvalue weighted by Gasteiger charge is 2.25. The molecule has 3 rings (SSSR count). The number of aromatic nitrogens is 3. The third kappa shape index (κ3) is 2.16. The molecule has 0 atom stereocenters. The fourth-order valence-electron chi connectivity index (χ4n) is 3.10. The van der Waals surface area contributed by atoms with Gasteiger partial charge in [0.15, 0.2) is 0 Å². The number of nitriles is 1. The van der Waals surface area contributed by atoms with E-state index in [2.05, 4.69) is 21.3 Å². The van der Waals surface area contributed by atoms with Gasteiger partial charge in [0, 0.05) is 33.2 Å². The van der Waals surface area contributed by atoms with E-state index in [9.17, 15) is 10.1 Å². The zero-order valence-corrected chi connectivity index (χ0v) is 13.0. The van der Waals surface area contributed by atoms with Gasteiger partial charge < -0.3 is 19.4 Å². The van der Waals surface area contributed by atoms with Gasteiger partial charge in [-0.25, -0.2) is 4.98 Å². The van der Waals surface area contributed by atoms with Gasteiger partial charge in [-0.15, -0.1) is 0 Å². The zero-order valence-electron chi connectivity index (χ0n) is 13.0. The average molecular weight is 300 g/mol. The van der Waals surface area contributed by atoms with Crippen molar-refractivity contribution >= 4 is 16.9 Å². The predicted molar refractivity (Wildman–Crippen MR) is 85.1 cm³/mol. The van der Waals surface area contributed by atoms with Crippen molar-refractivity contribution < 1.29 is 0 Å². The van der Waals surface area contributed by atoms with Gasteiger partial charge in [-0.05, 0) is 19.9 Å². The molecule has 1 saturated heterocycles. The smallest absolute Gasteiger partial charge is 0.277 e. The normalized spacial score (nSPS) is 15.8. The Bertz CT molecular complexity index is 789. The SMILES string of the molecule is CCn1c(N2CCCNCC2)c(C#N)c2ncn(C)c(=O)c21. The molecule has 2 aromatic heterocycles. The predicted octanol–water partition coefficient (Wildman–Crippen LogP) is 0.426. The van der Waals surface area contributed by atoms with Gasteiger partial charge in [-0.3, -0.25) is 4.79 Å². The van der Waals surface area contributed by atoms with E-state index < -0.39 is 0 Å². The summed E-state index contributed by atoms with van der Waals surface area (Å²) in [5.41, 5.74) is 1.44. The molecule has 1 N–H and O–H groups in total. The Kier molecular flexibility index (Phi) is 3.86. The van der Waals surface area contributed by atoms with Crippen LogP contribution in [0.1, 0.15) is 18.9 Å². The molecule has 1 aliphatic rings. The van der Waals surface area contributed by atoms with Crippen molar-refractivity contribution in [1.82, 2.24) is 19.4 Å². The molecule has 7 nitrogen and oxygen atoms in total. The van der Waals surface area contributed by atoms with Crippen molar-refractivity contribution in [3.8, 4) is 6.07 Å². The molecule has 0 amide bonds. The van der Waals surface area contributed by atoms with Gasteiger partial charge in [-0.1, -0.05) is 0 Å². The van der Waals surface area contributed by atoms with Crippen molar-refractivity contribution in [2.45, 2.75) is 19.9 Å². The number of nitrogens with one attached hydrogen (secondary N) is 1. The third-order valence-electron chi connectivity index (χ3n) is 4.16. The number of rotatable bonds is 2. The van der Waals surface area contributed by atoms with E-state index in [1.807, 2.05) is 11.5 Å². The van der Waals surface area contributed by atoms with Crippen LogP contribution in [-0.4, -0.2) is 40.3 Å². The minimum absolute atomic E-state index is 0.109. The van der Waals surface area contributed by atoms with Crippen LogP contribution in [0.15, 0.2) is 11.1 Å². The van der Waals surface area contributed by atoms with Crippen LogP contribution in [0.4, 0.5) is 5.82 Å². The molecule has 0 bridgehead atoms. The van der Waals surface area contributed by atoms with Crippen molar-refractivity contribution in [3.63, 3.8) is 0 Å². The number of anilines is 1. The molecule has 0 saturated carbocycles. The van der Waals surface area contributed by atoms with Crippen molar-refractivity contribution in [3.05, 3.63) is 22.2 Å². The van der Waals surface area contributed by atoms with Gasteiger partial charge in [0.25, 0.3) is 5.56 Å². The molecule has 0 spiro atoms. The van der Waals surface area contributed by atoms with Crippen LogP contribution in [0.25, 0.3) is 11.0 Å². The highest BCUT2D eigenvalue weighted by Crippen LogP contribution is 2.29. The second-order valence-electron chi connectivity index (χ2n) is 5.50. The first-order chi connectivity index (χ1) is 10.7. The van der Waals surface area contributed by atoms with E-state index in [1.54, 1.807) is 7.05 Å². The first kappa shape index (κ1) is 14.6. The number of fused-ring (bicyclic) bond motifs is 1. The number of nitrogens with zero attached hydrogens (tertiary/aromatic N) is 5. The fourth-order valence-corrected chi connectivity index (χ4v) is 3.10. The van der Waals surface area contributed by atoms with Crippen molar-refractivity contribution in [1.29, 1.82) is 5.26 Å². The summed E-state index contributed by atoms with van der Waals surface area (Å²) in [5, 5.41) is 13.0. The highest BCUT2D eigenvalue weighted by molar-refractivity contribution is 5.89. The fraction of sp³-hybridized carbons (Fsp3) is 0.533. The molecule has 22 heavy (non-hydrogen) atoms. The topological polar surface area (TPSA) is 78.9 Å². The van der Waals surface area contributed by atoms with E-state index in [0.717, 1.165) is 38.4 Å². The highest BCUT2D eigenvalue weighted by atomic mass is 16.1. The monoisotopic (exact) mass is 300 g/mol. The van der Waals surface area contributed by atoms with Gasteiger partial charge in [0.1, 0.15) is 28.5 Å². The Morgan fingerprint density at radius 2 is 2.23 bits per heavy atom. The Morgan fingerprint density at radius 3 is 2.95 bits per heavy atom. The summed E-state index contributed by atoms with van der Waals surface area (Å²) < 4.78 is 3.40. The van der Waals surface area contributed by atoms with Gasteiger partial charge in [0.2, 0.25) is 0 Å². The second-order valence-corrected chi connectivity index (χ2v) is 5.50. The van der Waals surface area contributed by atoms with Crippen LogP contribution in [0, 0.1) is 11.3 Å². The maximum Gasteiger partial charge on any atom is 0.277 e. The van der Waals surface area contributed by atoms with E-state index >= 15 is 0 Å². The molecular weight excluding hydrogens is 280 g/mol. The second kappa shape index (κ2) is 5.81. The molecule has 3 heterocycles. The first-order valence-electron chi connectivity index (χ1n) is 7.62. The molecule has 0 radical (unpaired) electrons. The zero-order chi connectivity index (χ0) is 15.7. The third-order valence-corrected chi connectivity index (χ3v) is 4.16. The van der Waals surface area contributed by atoms with E-state index in [1.165, 1.54) is 10.9 Å². The molecule has 2 aromatic rings. The van der Waals surface area contributed by atoms with Gasteiger partial charge in [-0.2, -0.15) is 5.26 Å². The standard InChI is InChI=1S/C15H20N6O/c1-3-21-13-12(18-10-19(2)15(13)22)11(9-16)14(21)20-7-4-5-17-6-8-20/h10,17H,3-8H2,1-2H3. The summed E-state index contributed by atoms with van der Waals surface area (Å²) in [6.07, 6.45) is 2.50. The largest absolute Gasteiger partial charge is 0.356 e. The van der Waals surface area contributed by atoms with Crippen LogP contribution in [0.2, 0.25) is 0 Å². The average Bonchev–Trinajstić information content (AvgIpc) is 2.66. The molecule has 1 fully saturated rings. The lowest BCUT2D eigenvalue weighted by molar-refractivity contribution is 0.717. The maximum atomic E-state index is 12.5. The lowest BCUT2D eigenvalue weighted by Gasteiger charge is -2.24. The number of aryl methyl sites for hydroxylation is 2. The summed E-state index contributed by atoms with van der Waals surface area (Å²) >= 11 is 0. The molecule has 1 aliphatic heterocycles. The summed E-state index contributed by atoms with van der Waals surface area (Å²) in [4.78, 5) is 19.0. The van der Waals surface area contributed by atoms with E-state index in [-0.39, 0.29) is 5.56 Å². The number of hydrogen-bond acceptors (Lipinski definition) is 5. The molecule has 0 unspecified atom stereocenters. The van der Waals surface area contributed by atoms with Crippen LogP contribution in [0.5, 0.6) is 0 Å². The van der Waals surface area contributed by atoms with Crippen molar-refractivity contribution in [2.75, 3.05) is 31.1 Å². The lowest BCUT2D eigenvalue weighted by Crippen LogP contribution is -2.30. The van der Waals surface area contributed by atoms with E-state index in [4.69, 9.17) is 0 Å². The lowest BCUT2D eigenvalue weighted by atomic mass is 10.2.